The summed E-state index contributed by atoms with van der Waals surface area (Å²) in [6, 6.07) is 5.39. The van der Waals surface area contributed by atoms with Gasteiger partial charge in [-0.3, -0.25) is 19.4 Å². The maximum Gasteiger partial charge on any atom is 0.422 e. The van der Waals surface area contributed by atoms with E-state index in [0.29, 0.717) is 24.2 Å². The number of ether oxygens (including phenoxy) is 2. The second-order valence-corrected chi connectivity index (χ2v) is 9.31. The van der Waals surface area contributed by atoms with Crippen LogP contribution in [-0.4, -0.2) is 64.9 Å². The number of pyridine rings is 2. The lowest BCUT2D eigenvalue weighted by molar-refractivity contribution is -0.154. The van der Waals surface area contributed by atoms with E-state index in [1.807, 2.05) is 13.8 Å². The molecule has 1 fully saturated rings. The summed E-state index contributed by atoms with van der Waals surface area (Å²) in [4.78, 5) is 46.8. The van der Waals surface area contributed by atoms with E-state index in [9.17, 15) is 27.6 Å². The molecule has 1 aliphatic rings. The normalized spacial score (nSPS) is 14.5. The molecule has 0 aromatic carbocycles. The van der Waals surface area contributed by atoms with Crippen LogP contribution in [0.1, 0.15) is 61.3 Å². The first-order valence-electron chi connectivity index (χ1n) is 12.3. The number of halogens is 3. The molecular formula is C26H31F3N4O5. The van der Waals surface area contributed by atoms with E-state index < -0.39 is 24.7 Å². The van der Waals surface area contributed by atoms with Gasteiger partial charge in [0, 0.05) is 43.3 Å². The van der Waals surface area contributed by atoms with Gasteiger partial charge in [-0.05, 0) is 37.1 Å². The Hall–Kier alpha value is -3.70. The summed E-state index contributed by atoms with van der Waals surface area (Å²) < 4.78 is 48.1. The molecule has 38 heavy (non-hydrogen) atoms. The minimum Gasteiger partial charge on any atom is -0.475 e. The van der Waals surface area contributed by atoms with Crippen molar-refractivity contribution in [3.63, 3.8) is 0 Å². The summed E-state index contributed by atoms with van der Waals surface area (Å²) in [6.07, 6.45) is -1.64. The van der Waals surface area contributed by atoms with Crippen molar-refractivity contribution in [2.45, 2.75) is 52.3 Å². The van der Waals surface area contributed by atoms with Crippen LogP contribution in [0.4, 0.5) is 13.2 Å². The number of carbonyl (C=O) groups is 3. The number of likely N-dealkylation sites (tertiary alicyclic amines) is 1. The maximum absolute atomic E-state index is 13.1. The zero-order chi connectivity index (χ0) is 27.9. The zero-order valence-electron chi connectivity index (χ0n) is 21.5. The van der Waals surface area contributed by atoms with E-state index in [2.05, 4.69) is 15.3 Å². The van der Waals surface area contributed by atoms with Crippen molar-refractivity contribution < 1.29 is 37.0 Å². The predicted molar refractivity (Wildman–Crippen MR) is 131 cm³/mol. The van der Waals surface area contributed by atoms with E-state index in [0.717, 1.165) is 12.5 Å². The third-order valence-corrected chi connectivity index (χ3v) is 5.92. The van der Waals surface area contributed by atoms with Crippen molar-refractivity contribution in [1.29, 1.82) is 0 Å². The Bertz CT molecular complexity index is 1160. The largest absolute Gasteiger partial charge is 0.475 e. The van der Waals surface area contributed by atoms with Crippen molar-refractivity contribution in [2.75, 3.05) is 26.3 Å². The highest BCUT2D eigenvalue weighted by atomic mass is 19.4. The van der Waals surface area contributed by atoms with Crippen LogP contribution in [0.2, 0.25) is 0 Å². The Morgan fingerprint density at radius 1 is 1.16 bits per heavy atom. The fourth-order valence-corrected chi connectivity index (χ4v) is 3.74. The molecule has 0 aliphatic carbocycles. The lowest BCUT2D eigenvalue weighted by Gasteiger charge is -2.19. The number of amides is 2. The smallest absolute Gasteiger partial charge is 0.422 e. The van der Waals surface area contributed by atoms with Gasteiger partial charge in [-0.1, -0.05) is 13.8 Å². The molecule has 9 nitrogen and oxygen atoms in total. The fourth-order valence-electron chi connectivity index (χ4n) is 3.74. The van der Waals surface area contributed by atoms with Gasteiger partial charge in [-0.2, -0.15) is 18.2 Å². The molecular weight excluding hydrogens is 505 g/mol. The third kappa shape index (κ3) is 8.42. The highest BCUT2D eigenvalue weighted by Gasteiger charge is 2.29. The topological polar surface area (TPSA) is 111 Å². The molecule has 3 rings (SSSR count). The number of hydrogen-bond donors (Lipinski definition) is 1. The minimum atomic E-state index is -4.56. The van der Waals surface area contributed by atoms with Crippen LogP contribution in [-0.2, 0) is 16.0 Å². The lowest BCUT2D eigenvalue weighted by Crippen LogP contribution is -2.30. The van der Waals surface area contributed by atoms with Gasteiger partial charge in [0.25, 0.3) is 5.91 Å². The molecule has 1 aliphatic heterocycles. The Labute approximate surface area is 218 Å². The number of rotatable bonds is 12. The van der Waals surface area contributed by atoms with Gasteiger partial charge in [0.05, 0.1) is 12.6 Å². The van der Waals surface area contributed by atoms with Gasteiger partial charge in [-0.25, -0.2) is 0 Å². The SMILES string of the molecule is CC(C)C(=O)Cc1cc(C(C)NC(=O)c2ccc(OCC(F)(F)F)nc2OCCN2CCCC2=O)ccn1. The Balaban J connectivity index is 1.73. The molecule has 12 heteroatoms. The van der Waals surface area contributed by atoms with Crippen LogP contribution < -0.4 is 14.8 Å². The van der Waals surface area contributed by atoms with Crippen LogP contribution in [0, 0.1) is 5.92 Å². The number of nitrogens with one attached hydrogen (secondary N) is 1. The molecule has 206 valence electrons. The zero-order valence-corrected chi connectivity index (χ0v) is 21.5. The molecule has 1 N–H and O–H groups in total. The van der Waals surface area contributed by atoms with Gasteiger partial charge < -0.3 is 19.7 Å². The molecule has 2 aromatic heterocycles. The highest BCUT2D eigenvalue weighted by molar-refractivity contribution is 5.96. The van der Waals surface area contributed by atoms with E-state index in [-0.39, 0.29) is 54.5 Å². The molecule has 0 radical (unpaired) electrons. The quantitative estimate of drug-likeness (QED) is 0.441. The number of hydrogen-bond acceptors (Lipinski definition) is 7. The van der Waals surface area contributed by atoms with Crippen molar-refractivity contribution in [3.8, 4) is 11.8 Å². The van der Waals surface area contributed by atoms with Crippen molar-refractivity contribution in [2.24, 2.45) is 5.92 Å². The molecule has 1 saturated heterocycles. The second kappa shape index (κ2) is 12.7. The average Bonchev–Trinajstić information content (AvgIpc) is 3.26. The molecule has 3 heterocycles. The van der Waals surface area contributed by atoms with Gasteiger partial charge in [0.1, 0.15) is 18.0 Å². The molecule has 2 amide bonds. The summed E-state index contributed by atoms with van der Waals surface area (Å²) in [5.41, 5.74) is 1.29. The summed E-state index contributed by atoms with van der Waals surface area (Å²) in [6.45, 7) is 4.65. The van der Waals surface area contributed by atoms with Crippen LogP contribution in [0.25, 0.3) is 0 Å². The van der Waals surface area contributed by atoms with Gasteiger partial charge in [0.15, 0.2) is 6.61 Å². The lowest BCUT2D eigenvalue weighted by atomic mass is 10.0. The number of alkyl halides is 3. The maximum atomic E-state index is 13.1. The first-order chi connectivity index (χ1) is 17.9. The van der Waals surface area contributed by atoms with E-state index in [1.54, 1.807) is 30.2 Å². The molecule has 1 unspecified atom stereocenters. The fraction of sp³-hybridized carbons (Fsp3) is 0.500. The van der Waals surface area contributed by atoms with Gasteiger partial charge in [-0.15, -0.1) is 0 Å². The second-order valence-electron chi connectivity index (χ2n) is 9.31. The highest BCUT2D eigenvalue weighted by Crippen LogP contribution is 2.24. The standard InChI is InChI=1S/C26H31F3N4O5/c1-16(2)21(34)14-19-13-18(8-9-30-19)17(3)31-24(36)20-6-7-22(38-15-26(27,28)29)32-25(20)37-12-11-33-10-4-5-23(33)35/h6-9,13,16-17H,4-5,10-12,14-15H2,1-3H3,(H,31,36). The van der Waals surface area contributed by atoms with Gasteiger partial charge >= 0.3 is 6.18 Å². The van der Waals surface area contributed by atoms with E-state index >= 15 is 0 Å². The van der Waals surface area contributed by atoms with Crippen LogP contribution in [0.5, 0.6) is 11.8 Å². The summed E-state index contributed by atoms with van der Waals surface area (Å²) in [5, 5.41) is 2.81. The number of nitrogens with zero attached hydrogens (tertiary/aromatic N) is 3. The Kier molecular flexibility index (Phi) is 9.65. The molecule has 0 saturated carbocycles. The predicted octanol–water partition coefficient (Wildman–Crippen LogP) is 3.68. The number of Topliss-reactive ketones (excluding diaryl/α,β-unsaturated/α-hetero) is 1. The first-order valence-corrected chi connectivity index (χ1v) is 12.3. The number of ketones is 1. The average molecular weight is 537 g/mol. The third-order valence-electron chi connectivity index (χ3n) is 5.92. The van der Waals surface area contributed by atoms with Crippen LogP contribution in [0.3, 0.4) is 0 Å². The van der Waals surface area contributed by atoms with Gasteiger partial charge in [0.2, 0.25) is 17.7 Å². The number of aromatic nitrogens is 2. The summed E-state index contributed by atoms with van der Waals surface area (Å²) in [5.74, 6) is -1.23. The number of carbonyl (C=O) groups excluding carboxylic acids is 3. The monoisotopic (exact) mass is 536 g/mol. The molecule has 0 spiro atoms. The molecule has 1 atom stereocenters. The van der Waals surface area contributed by atoms with Crippen molar-refractivity contribution in [3.05, 3.63) is 47.3 Å². The Morgan fingerprint density at radius 2 is 1.92 bits per heavy atom. The van der Waals surface area contributed by atoms with Crippen LogP contribution >= 0.6 is 0 Å². The van der Waals surface area contributed by atoms with E-state index in [1.165, 1.54) is 6.07 Å². The molecule has 2 aromatic rings. The molecule has 0 bridgehead atoms. The van der Waals surface area contributed by atoms with Crippen molar-refractivity contribution >= 4 is 17.6 Å². The van der Waals surface area contributed by atoms with Crippen molar-refractivity contribution in [1.82, 2.24) is 20.2 Å². The Morgan fingerprint density at radius 3 is 2.58 bits per heavy atom. The first kappa shape index (κ1) is 28.9. The summed E-state index contributed by atoms with van der Waals surface area (Å²) >= 11 is 0. The summed E-state index contributed by atoms with van der Waals surface area (Å²) in [7, 11) is 0. The van der Waals surface area contributed by atoms with Crippen LogP contribution in [0.15, 0.2) is 30.5 Å². The minimum absolute atomic E-state index is 0.00507. The van der Waals surface area contributed by atoms with E-state index in [4.69, 9.17) is 9.47 Å².